The fourth-order valence-corrected chi connectivity index (χ4v) is 4.42. The molecule has 0 spiro atoms. The molecule has 20 heavy (non-hydrogen) atoms. The van der Waals surface area contributed by atoms with Crippen molar-refractivity contribution in [2.75, 3.05) is 46.8 Å². The molecule has 0 radical (unpaired) electrons. The first-order valence-corrected chi connectivity index (χ1v) is 8.76. The van der Waals surface area contributed by atoms with Gasteiger partial charge < -0.3 is 15.1 Å². The van der Waals surface area contributed by atoms with Crippen LogP contribution in [0.4, 0.5) is 0 Å². The maximum atomic E-state index is 3.81. The van der Waals surface area contributed by atoms with Gasteiger partial charge in [-0.2, -0.15) is 0 Å². The standard InChI is InChI=1S/C17H33N3/c1-19-10-7-15(11-19)12-20(2)14-17(8-3-4-9-17)13-18-16-5-6-16/h15-16,18H,3-14H2,1-2H3. The van der Waals surface area contributed by atoms with Crippen molar-refractivity contribution in [3.63, 3.8) is 0 Å². The van der Waals surface area contributed by atoms with Crippen molar-refractivity contribution in [3.05, 3.63) is 0 Å². The summed E-state index contributed by atoms with van der Waals surface area (Å²) in [4.78, 5) is 5.13. The zero-order valence-corrected chi connectivity index (χ0v) is 13.5. The maximum absolute atomic E-state index is 3.81. The monoisotopic (exact) mass is 279 g/mol. The van der Waals surface area contributed by atoms with E-state index in [1.54, 1.807) is 0 Å². The van der Waals surface area contributed by atoms with Gasteiger partial charge in [0, 0.05) is 32.2 Å². The molecule has 0 bridgehead atoms. The van der Waals surface area contributed by atoms with Gasteiger partial charge in [0.05, 0.1) is 0 Å². The lowest BCUT2D eigenvalue weighted by atomic mass is 9.85. The van der Waals surface area contributed by atoms with E-state index in [4.69, 9.17) is 0 Å². The highest BCUT2D eigenvalue weighted by Gasteiger charge is 2.36. The van der Waals surface area contributed by atoms with Gasteiger partial charge in [-0.3, -0.25) is 0 Å². The van der Waals surface area contributed by atoms with Crippen molar-refractivity contribution in [2.24, 2.45) is 11.3 Å². The molecular weight excluding hydrogens is 246 g/mol. The molecule has 0 aromatic heterocycles. The lowest BCUT2D eigenvalue weighted by molar-refractivity contribution is 0.156. The predicted molar refractivity (Wildman–Crippen MR) is 85.0 cm³/mol. The maximum Gasteiger partial charge on any atom is 0.00684 e. The summed E-state index contributed by atoms with van der Waals surface area (Å²) in [5.74, 6) is 0.903. The molecule has 1 unspecified atom stereocenters. The molecule has 1 saturated heterocycles. The fourth-order valence-electron chi connectivity index (χ4n) is 4.42. The second-order valence-corrected chi connectivity index (χ2v) is 7.98. The smallest absolute Gasteiger partial charge is 0.00684 e. The molecule has 0 aromatic carbocycles. The minimum atomic E-state index is 0.585. The van der Waals surface area contributed by atoms with Crippen LogP contribution in [0.25, 0.3) is 0 Å². The minimum absolute atomic E-state index is 0.585. The number of hydrogen-bond acceptors (Lipinski definition) is 3. The summed E-state index contributed by atoms with van der Waals surface area (Å²) >= 11 is 0. The highest BCUT2D eigenvalue weighted by Crippen LogP contribution is 2.39. The summed E-state index contributed by atoms with van der Waals surface area (Å²) in [6, 6.07) is 0.862. The van der Waals surface area contributed by atoms with E-state index in [1.807, 2.05) is 0 Å². The first-order valence-electron chi connectivity index (χ1n) is 8.76. The molecule has 3 fully saturated rings. The summed E-state index contributed by atoms with van der Waals surface area (Å²) in [5.41, 5.74) is 0.585. The van der Waals surface area contributed by atoms with Crippen LogP contribution in [0.3, 0.4) is 0 Å². The molecule has 3 rings (SSSR count). The Bertz CT molecular complexity index is 307. The minimum Gasteiger partial charge on any atom is -0.313 e. The Morgan fingerprint density at radius 1 is 1.20 bits per heavy atom. The van der Waals surface area contributed by atoms with Gasteiger partial charge in [0.15, 0.2) is 0 Å². The van der Waals surface area contributed by atoms with Crippen LogP contribution >= 0.6 is 0 Å². The summed E-state index contributed by atoms with van der Waals surface area (Å²) in [7, 11) is 4.62. The number of hydrogen-bond donors (Lipinski definition) is 1. The molecule has 116 valence electrons. The van der Waals surface area contributed by atoms with Crippen LogP contribution in [0.15, 0.2) is 0 Å². The number of nitrogens with zero attached hydrogens (tertiary/aromatic N) is 2. The zero-order valence-electron chi connectivity index (χ0n) is 13.5. The van der Waals surface area contributed by atoms with Crippen LogP contribution in [0.2, 0.25) is 0 Å². The summed E-state index contributed by atoms with van der Waals surface area (Å²) in [6.45, 7) is 6.49. The van der Waals surface area contributed by atoms with Gasteiger partial charge in [0.25, 0.3) is 0 Å². The highest BCUT2D eigenvalue weighted by molar-refractivity contribution is 4.92. The van der Waals surface area contributed by atoms with Gasteiger partial charge in [-0.15, -0.1) is 0 Å². The van der Waals surface area contributed by atoms with Gasteiger partial charge in [-0.1, -0.05) is 12.8 Å². The second-order valence-electron chi connectivity index (χ2n) is 7.98. The number of nitrogens with one attached hydrogen (secondary N) is 1. The summed E-state index contributed by atoms with van der Waals surface area (Å²) < 4.78 is 0. The lowest BCUT2D eigenvalue weighted by Crippen LogP contribution is -2.43. The molecule has 0 aromatic rings. The van der Waals surface area contributed by atoms with Crippen molar-refractivity contribution >= 4 is 0 Å². The van der Waals surface area contributed by atoms with Crippen LogP contribution in [0.1, 0.15) is 44.9 Å². The third kappa shape index (κ3) is 3.96. The van der Waals surface area contributed by atoms with Gasteiger partial charge in [0.2, 0.25) is 0 Å². The molecule has 3 nitrogen and oxygen atoms in total. The third-order valence-electron chi connectivity index (χ3n) is 5.67. The van der Waals surface area contributed by atoms with E-state index in [9.17, 15) is 0 Å². The highest BCUT2D eigenvalue weighted by atomic mass is 15.2. The molecule has 1 aliphatic heterocycles. The Morgan fingerprint density at radius 3 is 2.55 bits per heavy atom. The van der Waals surface area contributed by atoms with E-state index in [-0.39, 0.29) is 0 Å². The molecular formula is C17H33N3. The molecule has 0 amide bonds. The van der Waals surface area contributed by atoms with E-state index in [2.05, 4.69) is 29.2 Å². The number of rotatable bonds is 7. The Kier molecular flexibility index (Phi) is 4.68. The van der Waals surface area contributed by atoms with E-state index in [0.29, 0.717) is 5.41 Å². The molecule has 1 N–H and O–H groups in total. The zero-order chi connectivity index (χ0) is 14.0. The predicted octanol–water partition coefficient (Wildman–Crippen LogP) is 2.18. The Morgan fingerprint density at radius 2 is 1.95 bits per heavy atom. The average molecular weight is 279 g/mol. The molecule has 1 heterocycles. The molecule has 3 aliphatic rings. The lowest BCUT2D eigenvalue weighted by Gasteiger charge is -2.35. The Balaban J connectivity index is 1.47. The Labute approximate surface area is 125 Å². The van der Waals surface area contributed by atoms with Crippen molar-refractivity contribution in [3.8, 4) is 0 Å². The normalized spacial score (nSPS) is 30.4. The van der Waals surface area contributed by atoms with Crippen LogP contribution in [-0.2, 0) is 0 Å². The first-order chi connectivity index (χ1) is 9.65. The summed E-state index contributed by atoms with van der Waals surface area (Å²) in [5, 5.41) is 3.81. The average Bonchev–Trinajstić information content (AvgIpc) is 3.00. The Hall–Kier alpha value is -0.120. The SMILES string of the molecule is CN1CCC(CN(C)CC2(CNC3CC3)CCCC2)C1. The van der Waals surface area contributed by atoms with E-state index < -0.39 is 0 Å². The van der Waals surface area contributed by atoms with Crippen molar-refractivity contribution < 1.29 is 0 Å². The fraction of sp³-hybridized carbons (Fsp3) is 1.00. The molecule has 3 heteroatoms. The molecule has 2 saturated carbocycles. The van der Waals surface area contributed by atoms with E-state index in [1.165, 1.54) is 77.7 Å². The first kappa shape index (κ1) is 14.8. The van der Waals surface area contributed by atoms with E-state index >= 15 is 0 Å². The van der Waals surface area contributed by atoms with Gasteiger partial charge in [0.1, 0.15) is 0 Å². The third-order valence-corrected chi connectivity index (χ3v) is 5.67. The van der Waals surface area contributed by atoms with Gasteiger partial charge in [-0.25, -0.2) is 0 Å². The number of likely N-dealkylation sites (tertiary alicyclic amines) is 1. The quantitative estimate of drug-likeness (QED) is 0.770. The van der Waals surface area contributed by atoms with Crippen molar-refractivity contribution in [1.29, 1.82) is 0 Å². The van der Waals surface area contributed by atoms with E-state index in [0.717, 1.165) is 12.0 Å². The van der Waals surface area contributed by atoms with Crippen molar-refractivity contribution in [2.45, 2.75) is 51.0 Å². The van der Waals surface area contributed by atoms with Gasteiger partial charge in [-0.05, 0) is 64.1 Å². The van der Waals surface area contributed by atoms with Crippen molar-refractivity contribution in [1.82, 2.24) is 15.1 Å². The van der Waals surface area contributed by atoms with Crippen LogP contribution in [-0.4, -0.2) is 62.7 Å². The van der Waals surface area contributed by atoms with Crippen LogP contribution < -0.4 is 5.32 Å². The largest absolute Gasteiger partial charge is 0.313 e. The van der Waals surface area contributed by atoms with Gasteiger partial charge >= 0.3 is 0 Å². The molecule has 2 aliphatic carbocycles. The topological polar surface area (TPSA) is 18.5 Å². The van der Waals surface area contributed by atoms with Crippen LogP contribution in [0.5, 0.6) is 0 Å². The molecule has 1 atom stereocenters. The summed E-state index contributed by atoms with van der Waals surface area (Å²) in [6.07, 6.45) is 10.0. The second kappa shape index (κ2) is 6.33. The van der Waals surface area contributed by atoms with Crippen LogP contribution in [0, 0.1) is 11.3 Å².